The number of thiazole rings is 1. The SMILES string of the molecule is CN=C(NCCCc1nc(C)cs1)N1CCC2(CCOC2)C1. The molecule has 1 spiro atoms. The van der Waals surface area contributed by atoms with Crippen molar-refractivity contribution in [1.82, 2.24) is 15.2 Å². The summed E-state index contributed by atoms with van der Waals surface area (Å²) in [4.78, 5) is 11.4. The minimum Gasteiger partial charge on any atom is -0.381 e. The standard InChI is InChI=1S/C16H26N4OS/c1-13-10-22-14(19-13)4-3-7-18-15(17-2)20-8-5-16(11-20)6-9-21-12-16/h10H,3-9,11-12H2,1-2H3,(H,17,18). The van der Waals surface area contributed by atoms with Crippen LogP contribution in [0.25, 0.3) is 0 Å². The predicted molar refractivity (Wildman–Crippen MR) is 90.6 cm³/mol. The molecule has 2 aliphatic heterocycles. The molecule has 1 N–H and O–H groups in total. The van der Waals surface area contributed by atoms with Crippen molar-refractivity contribution in [3.05, 3.63) is 16.1 Å². The van der Waals surface area contributed by atoms with Gasteiger partial charge in [0.1, 0.15) is 0 Å². The third-order valence-electron chi connectivity index (χ3n) is 4.65. The highest BCUT2D eigenvalue weighted by molar-refractivity contribution is 7.09. The molecule has 0 amide bonds. The second-order valence-electron chi connectivity index (χ2n) is 6.43. The molecule has 1 atom stereocenters. The molecule has 2 saturated heterocycles. The van der Waals surface area contributed by atoms with Crippen LogP contribution in [-0.2, 0) is 11.2 Å². The summed E-state index contributed by atoms with van der Waals surface area (Å²) < 4.78 is 5.60. The number of rotatable bonds is 4. The zero-order valence-corrected chi connectivity index (χ0v) is 14.4. The van der Waals surface area contributed by atoms with Gasteiger partial charge in [0.15, 0.2) is 5.96 Å². The Morgan fingerprint density at radius 2 is 2.45 bits per heavy atom. The van der Waals surface area contributed by atoms with Gasteiger partial charge < -0.3 is 15.0 Å². The van der Waals surface area contributed by atoms with Gasteiger partial charge in [-0.05, 0) is 26.2 Å². The van der Waals surface area contributed by atoms with E-state index < -0.39 is 0 Å². The van der Waals surface area contributed by atoms with Gasteiger partial charge in [-0.3, -0.25) is 4.99 Å². The predicted octanol–water partition coefficient (Wildman–Crippen LogP) is 2.07. The molecule has 2 aliphatic rings. The van der Waals surface area contributed by atoms with E-state index in [0.717, 1.165) is 57.3 Å². The first-order valence-electron chi connectivity index (χ1n) is 8.15. The van der Waals surface area contributed by atoms with Crippen LogP contribution >= 0.6 is 11.3 Å². The van der Waals surface area contributed by atoms with E-state index in [1.165, 1.54) is 17.8 Å². The number of likely N-dealkylation sites (tertiary alicyclic amines) is 1. The molecular weight excluding hydrogens is 296 g/mol. The van der Waals surface area contributed by atoms with E-state index in [2.05, 4.69) is 32.5 Å². The van der Waals surface area contributed by atoms with Crippen LogP contribution in [0.4, 0.5) is 0 Å². The summed E-state index contributed by atoms with van der Waals surface area (Å²) in [5.74, 6) is 1.04. The number of aromatic nitrogens is 1. The maximum absolute atomic E-state index is 5.60. The molecule has 0 bridgehead atoms. The average molecular weight is 322 g/mol. The Bertz CT molecular complexity index is 522. The van der Waals surface area contributed by atoms with Crippen LogP contribution in [0.5, 0.6) is 0 Å². The zero-order valence-electron chi connectivity index (χ0n) is 13.6. The molecular formula is C16H26N4OS. The van der Waals surface area contributed by atoms with Crippen LogP contribution in [0.15, 0.2) is 10.4 Å². The van der Waals surface area contributed by atoms with Gasteiger partial charge >= 0.3 is 0 Å². The lowest BCUT2D eigenvalue weighted by Crippen LogP contribution is -2.41. The Morgan fingerprint density at radius 3 is 3.14 bits per heavy atom. The van der Waals surface area contributed by atoms with E-state index >= 15 is 0 Å². The molecule has 122 valence electrons. The number of nitrogens with zero attached hydrogens (tertiary/aromatic N) is 3. The minimum absolute atomic E-state index is 0.385. The summed E-state index contributed by atoms with van der Waals surface area (Å²) in [6, 6.07) is 0. The van der Waals surface area contributed by atoms with Gasteiger partial charge in [0, 0.05) is 56.2 Å². The first kappa shape index (κ1) is 15.7. The highest BCUT2D eigenvalue weighted by atomic mass is 32.1. The van der Waals surface area contributed by atoms with Gasteiger partial charge in [-0.2, -0.15) is 0 Å². The van der Waals surface area contributed by atoms with Crippen LogP contribution in [0.2, 0.25) is 0 Å². The molecule has 6 heteroatoms. The Morgan fingerprint density at radius 1 is 1.55 bits per heavy atom. The van der Waals surface area contributed by atoms with Crippen molar-refractivity contribution < 1.29 is 4.74 Å². The molecule has 2 fully saturated rings. The van der Waals surface area contributed by atoms with E-state index in [0.29, 0.717) is 5.41 Å². The largest absolute Gasteiger partial charge is 0.381 e. The third-order valence-corrected chi connectivity index (χ3v) is 5.68. The lowest BCUT2D eigenvalue weighted by molar-refractivity contribution is 0.156. The third kappa shape index (κ3) is 3.60. The number of ether oxygens (including phenoxy) is 1. The molecule has 22 heavy (non-hydrogen) atoms. The van der Waals surface area contributed by atoms with Crippen LogP contribution < -0.4 is 5.32 Å². The monoisotopic (exact) mass is 322 g/mol. The topological polar surface area (TPSA) is 49.8 Å². The summed E-state index contributed by atoms with van der Waals surface area (Å²) in [6.07, 6.45) is 4.56. The first-order valence-corrected chi connectivity index (χ1v) is 9.03. The van der Waals surface area contributed by atoms with Crippen molar-refractivity contribution in [2.75, 3.05) is 39.9 Å². The Labute approximate surface area is 136 Å². The molecule has 0 aromatic carbocycles. The van der Waals surface area contributed by atoms with E-state index in [9.17, 15) is 0 Å². The molecule has 1 aromatic rings. The summed E-state index contributed by atoms with van der Waals surface area (Å²) in [5, 5.41) is 6.86. The molecule has 0 aliphatic carbocycles. The van der Waals surface area contributed by atoms with Crippen molar-refractivity contribution in [3.63, 3.8) is 0 Å². The van der Waals surface area contributed by atoms with Gasteiger partial charge in [-0.15, -0.1) is 11.3 Å². The van der Waals surface area contributed by atoms with Crippen molar-refractivity contribution in [1.29, 1.82) is 0 Å². The van der Waals surface area contributed by atoms with Gasteiger partial charge in [-0.25, -0.2) is 4.98 Å². The Hall–Kier alpha value is -1.14. The number of aliphatic imine (C=N–C) groups is 1. The zero-order chi connectivity index (χ0) is 15.4. The number of hydrogen-bond acceptors (Lipinski definition) is 4. The van der Waals surface area contributed by atoms with Crippen molar-refractivity contribution in [2.24, 2.45) is 10.4 Å². The molecule has 1 aromatic heterocycles. The second kappa shape index (κ2) is 6.96. The number of nitrogens with one attached hydrogen (secondary N) is 1. The average Bonchev–Trinajstić information content (AvgIpc) is 3.23. The first-order chi connectivity index (χ1) is 10.7. The lowest BCUT2D eigenvalue weighted by Gasteiger charge is -2.24. The molecule has 5 nitrogen and oxygen atoms in total. The van der Waals surface area contributed by atoms with Crippen LogP contribution in [0.3, 0.4) is 0 Å². The highest BCUT2D eigenvalue weighted by Gasteiger charge is 2.42. The quantitative estimate of drug-likeness (QED) is 0.524. The van der Waals surface area contributed by atoms with Crippen LogP contribution in [0, 0.1) is 12.3 Å². The van der Waals surface area contributed by atoms with Crippen molar-refractivity contribution >= 4 is 17.3 Å². The lowest BCUT2D eigenvalue weighted by atomic mass is 9.87. The van der Waals surface area contributed by atoms with E-state index in [1.54, 1.807) is 11.3 Å². The molecule has 1 unspecified atom stereocenters. The maximum Gasteiger partial charge on any atom is 0.193 e. The number of aryl methyl sites for hydroxylation is 2. The molecule has 0 radical (unpaired) electrons. The number of guanidine groups is 1. The van der Waals surface area contributed by atoms with Crippen molar-refractivity contribution in [3.8, 4) is 0 Å². The van der Waals surface area contributed by atoms with Gasteiger partial charge in [0.05, 0.1) is 11.6 Å². The van der Waals surface area contributed by atoms with E-state index in [1.807, 2.05) is 7.05 Å². The summed E-state index contributed by atoms with van der Waals surface area (Å²) >= 11 is 1.76. The molecule has 3 heterocycles. The van der Waals surface area contributed by atoms with Crippen LogP contribution in [0.1, 0.15) is 30.0 Å². The molecule has 3 rings (SSSR count). The minimum atomic E-state index is 0.385. The highest BCUT2D eigenvalue weighted by Crippen LogP contribution is 2.38. The van der Waals surface area contributed by atoms with E-state index in [-0.39, 0.29) is 0 Å². The fourth-order valence-electron chi connectivity index (χ4n) is 3.38. The fraction of sp³-hybridized carbons (Fsp3) is 0.750. The summed E-state index contributed by atoms with van der Waals surface area (Å²) in [5.41, 5.74) is 1.51. The van der Waals surface area contributed by atoms with Gasteiger partial charge in [0.2, 0.25) is 0 Å². The van der Waals surface area contributed by atoms with Gasteiger partial charge in [0.25, 0.3) is 0 Å². The van der Waals surface area contributed by atoms with Crippen LogP contribution in [-0.4, -0.2) is 55.7 Å². The van der Waals surface area contributed by atoms with Gasteiger partial charge in [-0.1, -0.05) is 0 Å². The van der Waals surface area contributed by atoms with E-state index in [4.69, 9.17) is 4.74 Å². The fourth-order valence-corrected chi connectivity index (χ4v) is 4.20. The Balaban J connectivity index is 1.42. The summed E-state index contributed by atoms with van der Waals surface area (Å²) in [7, 11) is 1.88. The van der Waals surface area contributed by atoms with Crippen molar-refractivity contribution in [2.45, 2.75) is 32.6 Å². The molecule has 0 saturated carbocycles. The normalized spacial score (nSPS) is 25.4. The summed E-state index contributed by atoms with van der Waals surface area (Å²) in [6.45, 7) is 7.02. The Kier molecular flexibility index (Phi) is 4.98. The smallest absolute Gasteiger partial charge is 0.193 e. The number of hydrogen-bond donors (Lipinski definition) is 1. The second-order valence-corrected chi connectivity index (χ2v) is 7.38. The maximum atomic E-state index is 5.60.